The minimum Gasteiger partial charge on any atom is -0.481 e. The van der Waals surface area contributed by atoms with E-state index in [0.29, 0.717) is 0 Å². The van der Waals surface area contributed by atoms with Crippen molar-refractivity contribution in [3.63, 3.8) is 0 Å². The normalized spacial score (nSPS) is 41.5. The molecule has 11 heavy (non-hydrogen) atoms. The highest BCUT2D eigenvalue weighted by molar-refractivity contribution is 6.04. The van der Waals surface area contributed by atoms with Crippen LogP contribution in [0.2, 0.25) is 0 Å². The first-order valence-corrected chi connectivity index (χ1v) is 3.73. The number of carbonyl (C=O) groups is 2. The molecule has 0 aromatic heterocycles. The second kappa shape index (κ2) is 2.04. The monoisotopic (exact) mass is 155 g/mol. The molecule has 0 spiro atoms. The topological polar surface area (TPSA) is 66.4 Å². The SMILES string of the molecule is O=C(O)C1C(=O)C2CCC1N2. The smallest absolute Gasteiger partial charge is 0.315 e. The van der Waals surface area contributed by atoms with Crippen molar-refractivity contribution in [2.75, 3.05) is 0 Å². The van der Waals surface area contributed by atoms with Crippen LogP contribution < -0.4 is 5.32 Å². The molecule has 0 saturated carbocycles. The van der Waals surface area contributed by atoms with Gasteiger partial charge in [0.25, 0.3) is 0 Å². The zero-order valence-electron chi connectivity index (χ0n) is 5.91. The fourth-order valence-corrected chi connectivity index (χ4v) is 1.97. The van der Waals surface area contributed by atoms with Gasteiger partial charge in [-0.05, 0) is 12.8 Å². The maximum atomic E-state index is 11.2. The van der Waals surface area contributed by atoms with Crippen LogP contribution in [0.15, 0.2) is 0 Å². The van der Waals surface area contributed by atoms with E-state index >= 15 is 0 Å². The van der Waals surface area contributed by atoms with Gasteiger partial charge in [0.2, 0.25) is 0 Å². The second-order valence-electron chi connectivity index (χ2n) is 3.12. The Morgan fingerprint density at radius 1 is 1.55 bits per heavy atom. The average molecular weight is 155 g/mol. The summed E-state index contributed by atoms with van der Waals surface area (Å²) in [6, 6.07) is -0.258. The molecule has 0 aromatic carbocycles. The summed E-state index contributed by atoms with van der Waals surface area (Å²) in [5, 5.41) is 11.6. The Morgan fingerprint density at radius 2 is 2.27 bits per heavy atom. The number of hydrogen-bond donors (Lipinski definition) is 2. The molecule has 4 nitrogen and oxygen atoms in total. The summed E-state index contributed by atoms with van der Waals surface area (Å²) in [4.78, 5) is 21.7. The minimum absolute atomic E-state index is 0.0926. The second-order valence-corrected chi connectivity index (χ2v) is 3.12. The van der Waals surface area contributed by atoms with E-state index in [4.69, 9.17) is 5.11 Å². The molecule has 0 aromatic rings. The van der Waals surface area contributed by atoms with Gasteiger partial charge in [-0.1, -0.05) is 0 Å². The largest absolute Gasteiger partial charge is 0.481 e. The Labute approximate surface area is 63.6 Å². The third kappa shape index (κ3) is 0.790. The third-order valence-corrected chi connectivity index (χ3v) is 2.50. The van der Waals surface area contributed by atoms with Crippen LogP contribution in [-0.4, -0.2) is 28.9 Å². The molecule has 2 fully saturated rings. The Balaban J connectivity index is 2.24. The molecular weight excluding hydrogens is 146 g/mol. The number of hydrogen-bond acceptors (Lipinski definition) is 3. The minimum atomic E-state index is -0.977. The van der Waals surface area contributed by atoms with Crippen LogP contribution in [0.3, 0.4) is 0 Å². The van der Waals surface area contributed by atoms with Gasteiger partial charge < -0.3 is 10.4 Å². The quantitative estimate of drug-likeness (QED) is 0.496. The molecule has 60 valence electrons. The van der Waals surface area contributed by atoms with Crippen LogP contribution in [0.25, 0.3) is 0 Å². The molecule has 2 N–H and O–H groups in total. The highest BCUT2D eigenvalue weighted by atomic mass is 16.4. The number of nitrogens with one attached hydrogen (secondary N) is 1. The maximum Gasteiger partial charge on any atom is 0.315 e. The summed E-state index contributed by atoms with van der Waals surface area (Å²) in [5.74, 6) is -1.88. The molecule has 2 heterocycles. The molecule has 2 rings (SSSR count). The first kappa shape index (κ1) is 6.79. The molecule has 0 amide bonds. The van der Waals surface area contributed by atoms with E-state index in [0.717, 1.165) is 12.8 Å². The van der Waals surface area contributed by atoms with E-state index in [1.807, 2.05) is 0 Å². The van der Waals surface area contributed by atoms with Crippen LogP contribution in [-0.2, 0) is 9.59 Å². The Kier molecular flexibility index (Phi) is 1.26. The standard InChI is InChI=1S/C7H9NO3/c9-6-4-2-1-3(8-4)5(6)7(10)11/h3-5,8H,1-2H2,(H,10,11). The summed E-state index contributed by atoms with van der Waals surface area (Å²) >= 11 is 0. The fourth-order valence-electron chi connectivity index (χ4n) is 1.97. The van der Waals surface area contributed by atoms with E-state index in [9.17, 15) is 9.59 Å². The van der Waals surface area contributed by atoms with Crippen molar-refractivity contribution in [2.24, 2.45) is 5.92 Å². The van der Waals surface area contributed by atoms with Crippen molar-refractivity contribution < 1.29 is 14.7 Å². The maximum absolute atomic E-state index is 11.2. The number of rotatable bonds is 1. The highest BCUT2D eigenvalue weighted by Gasteiger charge is 2.50. The number of Topliss-reactive ketones (excluding diaryl/α,β-unsaturated/α-hetero) is 1. The zero-order chi connectivity index (χ0) is 8.01. The van der Waals surface area contributed by atoms with E-state index < -0.39 is 11.9 Å². The van der Waals surface area contributed by atoms with Gasteiger partial charge in [-0.3, -0.25) is 9.59 Å². The van der Waals surface area contributed by atoms with Gasteiger partial charge in [0.05, 0.1) is 6.04 Å². The molecule has 2 saturated heterocycles. The number of carboxylic acids is 1. The van der Waals surface area contributed by atoms with Gasteiger partial charge in [-0.15, -0.1) is 0 Å². The number of carboxylic acid groups (broad SMARTS) is 1. The molecule has 3 atom stereocenters. The van der Waals surface area contributed by atoms with Crippen LogP contribution in [0.1, 0.15) is 12.8 Å². The highest BCUT2D eigenvalue weighted by Crippen LogP contribution is 2.30. The number of aliphatic carboxylic acids is 1. The molecule has 2 bridgehead atoms. The van der Waals surface area contributed by atoms with Crippen molar-refractivity contribution in [3.05, 3.63) is 0 Å². The summed E-state index contributed by atoms with van der Waals surface area (Å²) in [6.07, 6.45) is 1.64. The zero-order valence-corrected chi connectivity index (χ0v) is 5.91. The van der Waals surface area contributed by atoms with Crippen molar-refractivity contribution in [1.82, 2.24) is 5.32 Å². The first-order chi connectivity index (χ1) is 5.20. The van der Waals surface area contributed by atoms with E-state index in [-0.39, 0.29) is 17.9 Å². The number of fused-ring (bicyclic) bond motifs is 2. The molecule has 0 radical (unpaired) electrons. The number of ketones is 1. The van der Waals surface area contributed by atoms with E-state index in [2.05, 4.69) is 5.32 Å². The lowest BCUT2D eigenvalue weighted by atomic mass is 9.88. The summed E-state index contributed by atoms with van der Waals surface area (Å²) in [6.45, 7) is 0. The van der Waals surface area contributed by atoms with Crippen molar-refractivity contribution >= 4 is 11.8 Å². The Hall–Kier alpha value is -0.900. The Bertz CT molecular complexity index is 226. The lowest BCUT2D eigenvalue weighted by molar-refractivity contribution is -0.146. The molecule has 2 aliphatic heterocycles. The van der Waals surface area contributed by atoms with Gasteiger partial charge >= 0.3 is 5.97 Å². The van der Waals surface area contributed by atoms with Crippen molar-refractivity contribution in [2.45, 2.75) is 24.9 Å². The molecule has 2 aliphatic rings. The van der Waals surface area contributed by atoms with Crippen molar-refractivity contribution in [3.8, 4) is 0 Å². The van der Waals surface area contributed by atoms with Crippen LogP contribution in [0, 0.1) is 5.92 Å². The van der Waals surface area contributed by atoms with Crippen LogP contribution in [0.4, 0.5) is 0 Å². The third-order valence-electron chi connectivity index (χ3n) is 2.50. The summed E-state index contributed by atoms with van der Waals surface area (Å²) in [7, 11) is 0. The summed E-state index contributed by atoms with van der Waals surface area (Å²) < 4.78 is 0. The lowest BCUT2D eigenvalue weighted by Crippen LogP contribution is -2.33. The average Bonchev–Trinajstić information content (AvgIpc) is 2.44. The van der Waals surface area contributed by atoms with Gasteiger partial charge in [-0.25, -0.2) is 0 Å². The molecular formula is C7H9NO3. The molecule has 0 aliphatic carbocycles. The van der Waals surface area contributed by atoms with Gasteiger partial charge in [0.15, 0.2) is 5.78 Å². The van der Waals surface area contributed by atoms with Crippen molar-refractivity contribution in [1.29, 1.82) is 0 Å². The van der Waals surface area contributed by atoms with Crippen LogP contribution in [0.5, 0.6) is 0 Å². The summed E-state index contributed by atoms with van der Waals surface area (Å²) in [5.41, 5.74) is 0. The Morgan fingerprint density at radius 3 is 2.64 bits per heavy atom. The molecule has 4 heteroatoms. The van der Waals surface area contributed by atoms with Gasteiger partial charge in [0, 0.05) is 6.04 Å². The molecule has 3 unspecified atom stereocenters. The first-order valence-electron chi connectivity index (χ1n) is 3.73. The predicted octanol–water partition coefficient (Wildman–Crippen LogP) is -0.610. The van der Waals surface area contributed by atoms with E-state index in [1.165, 1.54) is 0 Å². The van der Waals surface area contributed by atoms with E-state index in [1.54, 1.807) is 0 Å². The van der Waals surface area contributed by atoms with Gasteiger partial charge in [0.1, 0.15) is 5.92 Å². The van der Waals surface area contributed by atoms with Crippen LogP contribution >= 0.6 is 0 Å². The van der Waals surface area contributed by atoms with Gasteiger partial charge in [-0.2, -0.15) is 0 Å². The fraction of sp³-hybridized carbons (Fsp3) is 0.714. The predicted molar refractivity (Wildman–Crippen MR) is 36.1 cm³/mol. The lowest BCUT2D eigenvalue weighted by Gasteiger charge is -2.13. The number of carbonyl (C=O) groups excluding carboxylic acids is 1.